The van der Waals surface area contributed by atoms with Gasteiger partial charge in [0.2, 0.25) is 5.91 Å². The van der Waals surface area contributed by atoms with E-state index in [9.17, 15) is 28.7 Å². The third kappa shape index (κ3) is 6.30. The molecule has 0 aliphatic carbocycles. The highest BCUT2D eigenvalue weighted by molar-refractivity contribution is 5.95. The molecule has 232 valence electrons. The lowest BCUT2D eigenvalue weighted by atomic mass is 9.94. The first-order chi connectivity index (χ1) is 21.3. The topological polar surface area (TPSA) is 130 Å². The van der Waals surface area contributed by atoms with Gasteiger partial charge in [-0.15, -0.1) is 0 Å². The number of carbonyl (C=O) groups is 3. The van der Waals surface area contributed by atoms with Crippen molar-refractivity contribution in [1.82, 2.24) is 29.8 Å². The summed E-state index contributed by atoms with van der Waals surface area (Å²) in [4.78, 5) is 57.2. The number of halogens is 1. The minimum Gasteiger partial charge on any atom is -0.465 e. The first-order valence-electron chi connectivity index (χ1n) is 15.3. The Hall–Kier alpha value is -4.32. The number of carboxylic acid groups (broad SMARTS) is 1. The largest absolute Gasteiger partial charge is 0.465 e. The number of nitrogens with one attached hydrogen (secondary N) is 1. The van der Waals surface area contributed by atoms with Crippen LogP contribution in [0.25, 0.3) is 10.8 Å². The Kier molecular flexibility index (Phi) is 8.60. The fourth-order valence-corrected chi connectivity index (χ4v) is 6.79. The molecule has 3 saturated heterocycles. The molecule has 0 radical (unpaired) electrons. The third-order valence-corrected chi connectivity index (χ3v) is 9.30. The molecule has 1 atom stereocenters. The van der Waals surface area contributed by atoms with Gasteiger partial charge in [0.15, 0.2) is 0 Å². The first kappa shape index (κ1) is 29.7. The highest BCUT2D eigenvalue weighted by Gasteiger charge is 2.34. The zero-order valence-electron chi connectivity index (χ0n) is 24.6. The highest BCUT2D eigenvalue weighted by Crippen LogP contribution is 2.25. The maximum Gasteiger partial charge on any atom is 0.407 e. The Labute approximate surface area is 254 Å². The lowest BCUT2D eigenvalue weighted by molar-refractivity contribution is -0.138. The number of nitrogens with zero attached hydrogens (tertiary/aromatic N) is 5. The Bertz CT molecular complexity index is 1610. The Morgan fingerprint density at radius 3 is 2.30 bits per heavy atom. The van der Waals surface area contributed by atoms with E-state index in [-0.39, 0.29) is 22.9 Å². The van der Waals surface area contributed by atoms with Crippen LogP contribution in [0.5, 0.6) is 0 Å². The molecule has 0 spiro atoms. The average Bonchev–Trinajstić information content (AvgIpc) is 3.52. The summed E-state index contributed by atoms with van der Waals surface area (Å²) in [7, 11) is 0. The van der Waals surface area contributed by atoms with E-state index in [0.29, 0.717) is 73.6 Å². The van der Waals surface area contributed by atoms with Gasteiger partial charge in [-0.2, -0.15) is 5.10 Å². The molecule has 1 aromatic heterocycles. The van der Waals surface area contributed by atoms with Gasteiger partial charge in [-0.1, -0.05) is 24.3 Å². The van der Waals surface area contributed by atoms with E-state index in [1.807, 2.05) is 17.0 Å². The minimum atomic E-state index is -0.855. The number of piperidine rings is 1. The van der Waals surface area contributed by atoms with Crippen molar-refractivity contribution in [3.8, 4) is 0 Å². The molecule has 3 aliphatic rings. The summed E-state index contributed by atoms with van der Waals surface area (Å²) in [6, 6.07) is 11.6. The summed E-state index contributed by atoms with van der Waals surface area (Å²) < 4.78 is 14.9. The van der Waals surface area contributed by atoms with Gasteiger partial charge < -0.3 is 24.7 Å². The van der Waals surface area contributed by atoms with Crippen LogP contribution < -0.4 is 5.56 Å². The summed E-state index contributed by atoms with van der Waals surface area (Å²) in [6.07, 6.45) is 1.88. The average molecular weight is 605 g/mol. The Morgan fingerprint density at radius 2 is 1.59 bits per heavy atom. The van der Waals surface area contributed by atoms with Crippen LogP contribution in [0.15, 0.2) is 47.3 Å². The normalized spacial score (nSPS) is 19.9. The van der Waals surface area contributed by atoms with E-state index in [1.54, 1.807) is 29.2 Å². The second-order valence-electron chi connectivity index (χ2n) is 12.1. The molecule has 0 saturated carbocycles. The SMILES string of the molecule is O=C(O)N1CCC(CN2CCC(C(=O)N3CCN(C(=O)c4cc(Cc5n[nH]c(=O)c6ccccc56)ccc4F)CC3)CC2)C1. The summed E-state index contributed by atoms with van der Waals surface area (Å²) in [5, 5.41) is 17.1. The molecule has 3 aromatic rings. The number of H-pyrrole nitrogens is 1. The number of hydrogen-bond acceptors (Lipinski definition) is 6. The second-order valence-corrected chi connectivity index (χ2v) is 12.1. The monoisotopic (exact) mass is 604 g/mol. The number of aromatic amines is 1. The van der Waals surface area contributed by atoms with Crippen molar-refractivity contribution in [2.24, 2.45) is 11.8 Å². The van der Waals surface area contributed by atoms with Gasteiger partial charge in [-0.3, -0.25) is 14.4 Å². The van der Waals surface area contributed by atoms with Crippen LogP contribution in [0, 0.1) is 17.7 Å². The van der Waals surface area contributed by atoms with E-state index >= 15 is 0 Å². The van der Waals surface area contributed by atoms with Crippen molar-refractivity contribution in [2.45, 2.75) is 25.7 Å². The number of likely N-dealkylation sites (tertiary alicyclic amines) is 2. The van der Waals surface area contributed by atoms with E-state index in [2.05, 4.69) is 15.1 Å². The number of hydrogen-bond donors (Lipinski definition) is 2. The molecule has 2 N–H and O–H groups in total. The van der Waals surface area contributed by atoms with Crippen LogP contribution in [0.3, 0.4) is 0 Å². The molecule has 3 fully saturated rings. The van der Waals surface area contributed by atoms with Crippen molar-refractivity contribution in [3.63, 3.8) is 0 Å². The maximum absolute atomic E-state index is 14.9. The summed E-state index contributed by atoms with van der Waals surface area (Å²) >= 11 is 0. The molecule has 2 aromatic carbocycles. The number of benzene rings is 2. The van der Waals surface area contributed by atoms with Gasteiger partial charge in [-0.05, 0) is 62.0 Å². The predicted octanol–water partition coefficient (Wildman–Crippen LogP) is 2.65. The number of fused-ring (bicyclic) bond motifs is 1. The quantitative estimate of drug-likeness (QED) is 0.443. The molecular weight excluding hydrogens is 567 g/mol. The zero-order valence-corrected chi connectivity index (χ0v) is 24.6. The van der Waals surface area contributed by atoms with E-state index in [0.717, 1.165) is 38.9 Å². The van der Waals surface area contributed by atoms with E-state index < -0.39 is 17.8 Å². The van der Waals surface area contributed by atoms with Gasteiger partial charge >= 0.3 is 6.09 Å². The summed E-state index contributed by atoms with van der Waals surface area (Å²) in [5.74, 6) is -0.605. The maximum atomic E-state index is 14.9. The van der Waals surface area contributed by atoms with Gasteiger partial charge in [-0.25, -0.2) is 14.3 Å². The lowest BCUT2D eigenvalue weighted by Gasteiger charge is -2.39. The van der Waals surface area contributed by atoms with Crippen LogP contribution in [0.1, 0.15) is 40.9 Å². The molecular formula is C32H37FN6O5. The third-order valence-electron chi connectivity index (χ3n) is 9.30. The van der Waals surface area contributed by atoms with Gasteiger partial charge in [0.05, 0.1) is 16.6 Å². The van der Waals surface area contributed by atoms with Crippen LogP contribution in [-0.2, 0) is 11.2 Å². The Balaban J connectivity index is 1.01. The number of piperazine rings is 1. The fraction of sp³-hybridized carbons (Fsp3) is 0.469. The molecule has 6 rings (SSSR count). The lowest BCUT2D eigenvalue weighted by Crippen LogP contribution is -2.53. The second kappa shape index (κ2) is 12.7. The summed E-state index contributed by atoms with van der Waals surface area (Å²) in [6.45, 7) is 5.15. The Morgan fingerprint density at radius 1 is 0.886 bits per heavy atom. The summed E-state index contributed by atoms with van der Waals surface area (Å²) in [5.41, 5.74) is 1.04. The van der Waals surface area contributed by atoms with Crippen molar-refractivity contribution >= 4 is 28.7 Å². The number of carbonyl (C=O) groups excluding carboxylic acids is 2. The van der Waals surface area contributed by atoms with E-state index in [1.165, 1.54) is 11.0 Å². The highest BCUT2D eigenvalue weighted by atomic mass is 19.1. The molecule has 4 heterocycles. The van der Waals surface area contributed by atoms with Gasteiger partial charge in [0.25, 0.3) is 11.5 Å². The fourth-order valence-electron chi connectivity index (χ4n) is 6.79. The van der Waals surface area contributed by atoms with Crippen molar-refractivity contribution in [1.29, 1.82) is 0 Å². The van der Waals surface area contributed by atoms with E-state index in [4.69, 9.17) is 0 Å². The zero-order chi connectivity index (χ0) is 30.8. The van der Waals surface area contributed by atoms with Crippen molar-refractivity contribution in [2.75, 3.05) is 58.9 Å². The smallest absolute Gasteiger partial charge is 0.407 e. The van der Waals surface area contributed by atoms with Crippen LogP contribution in [0.2, 0.25) is 0 Å². The molecule has 44 heavy (non-hydrogen) atoms. The predicted molar refractivity (Wildman–Crippen MR) is 161 cm³/mol. The standard InChI is InChI=1S/C32H37FN6O5/c33-27-6-5-21(18-28-24-3-1-2-4-25(24)29(40)35-34-28)17-26(27)31(42)38-15-13-37(14-16-38)30(41)23-8-10-36(11-9-23)19-22-7-12-39(20-22)32(43)44/h1-6,17,22-23H,7-16,18-20H2,(H,35,40)(H,43,44). The number of amides is 3. The van der Waals surface area contributed by atoms with Crippen LogP contribution >= 0.6 is 0 Å². The van der Waals surface area contributed by atoms with Crippen LogP contribution in [0.4, 0.5) is 9.18 Å². The molecule has 11 nitrogen and oxygen atoms in total. The van der Waals surface area contributed by atoms with Crippen molar-refractivity contribution in [3.05, 3.63) is 75.5 Å². The molecule has 3 aliphatic heterocycles. The van der Waals surface area contributed by atoms with Crippen molar-refractivity contribution < 1.29 is 23.9 Å². The number of rotatable bonds is 6. The minimum absolute atomic E-state index is 0.0166. The first-order valence-corrected chi connectivity index (χ1v) is 15.3. The number of aromatic nitrogens is 2. The van der Waals surface area contributed by atoms with Crippen LogP contribution in [-0.4, -0.2) is 112 Å². The molecule has 3 amide bonds. The molecule has 0 bridgehead atoms. The van der Waals surface area contributed by atoms with Gasteiger partial charge in [0.1, 0.15) is 5.82 Å². The molecule has 12 heteroatoms. The van der Waals surface area contributed by atoms with Gasteiger partial charge in [0, 0.05) is 63.5 Å². The molecule has 1 unspecified atom stereocenters.